The number of carbonyl (C=O) groups is 2. The zero-order chi connectivity index (χ0) is 41.9. The number of nitrogens with two attached hydrogens (primary N) is 1. The van der Waals surface area contributed by atoms with Crippen molar-refractivity contribution in [1.82, 2.24) is 30.3 Å². The Morgan fingerprint density at radius 1 is 0.932 bits per heavy atom. The predicted molar refractivity (Wildman–Crippen MR) is 232 cm³/mol. The summed E-state index contributed by atoms with van der Waals surface area (Å²) in [5.74, 6) is -1.25. The number of anilines is 1. The fraction of sp³-hybridized carbons (Fsp3) is 0.447. The van der Waals surface area contributed by atoms with Crippen molar-refractivity contribution in [1.29, 1.82) is 0 Å². The molecule has 4 heterocycles. The SMILES string of the molecule is CCc1nc2c(cnn2CC)c(NC2CCOCC2)c1CN(Cc1ccc(F)c(-c2cccc(CNC3CC(C)(C)NC(C)(C)C3)c2)c1)C(=O)c1cccc(C(N)=O)c1. The molecule has 0 unspecified atom stereocenters. The van der Waals surface area contributed by atoms with Crippen LogP contribution in [0.1, 0.15) is 110 Å². The molecule has 2 aliphatic rings. The Morgan fingerprint density at radius 3 is 2.37 bits per heavy atom. The lowest BCUT2D eigenvalue weighted by Gasteiger charge is -2.46. The minimum Gasteiger partial charge on any atom is -0.381 e. The van der Waals surface area contributed by atoms with Crippen molar-refractivity contribution in [2.75, 3.05) is 18.5 Å². The second kappa shape index (κ2) is 17.6. The lowest BCUT2D eigenvalue weighted by Crippen LogP contribution is -2.61. The van der Waals surface area contributed by atoms with E-state index in [0.717, 1.165) is 70.4 Å². The van der Waals surface area contributed by atoms with Gasteiger partial charge in [-0.1, -0.05) is 37.3 Å². The van der Waals surface area contributed by atoms with Crippen molar-refractivity contribution in [2.24, 2.45) is 5.73 Å². The van der Waals surface area contributed by atoms with Crippen LogP contribution in [0.2, 0.25) is 0 Å². The van der Waals surface area contributed by atoms with Crippen LogP contribution in [0.4, 0.5) is 10.1 Å². The first kappa shape index (κ1) is 42.0. The molecular formula is C47H59FN8O3. The van der Waals surface area contributed by atoms with E-state index in [9.17, 15) is 9.59 Å². The van der Waals surface area contributed by atoms with Crippen LogP contribution in [-0.2, 0) is 37.3 Å². The van der Waals surface area contributed by atoms with Crippen LogP contribution in [0.5, 0.6) is 0 Å². The number of aromatic nitrogens is 3. The van der Waals surface area contributed by atoms with E-state index in [-0.39, 0.29) is 47.5 Å². The van der Waals surface area contributed by atoms with Gasteiger partial charge >= 0.3 is 0 Å². The van der Waals surface area contributed by atoms with Gasteiger partial charge in [-0.3, -0.25) is 9.59 Å². The zero-order valence-corrected chi connectivity index (χ0v) is 35.3. The quantitative estimate of drug-likeness (QED) is 0.0895. The maximum absolute atomic E-state index is 15.8. The molecule has 2 saturated heterocycles. The van der Waals surface area contributed by atoms with Gasteiger partial charge in [0.1, 0.15) is 5.82 Å². The fourth-order valence-electron chi connectivity index (χ4n) is 9.15. The molecule has 12 heteroatoms. The summed E-state index contributed by atoms with van der Waals surface area (Å²) in [6, 6.07) is 20.1. The van der Waals surface area contributed by atoms with Crippen molar-refractivity contribution in [3.63, 3.8) is 0 Å². The Balaban J connectivity index is 1.23. The molecule has 0 spiro atoms. The highest BCUT2D eigenvalue weighted by atomic mass is 19.1. The van der Waals surface area contributed by atoms with E-state index in [1.54, 1.807) is 29.2 Å². The van der Waals surface area contributed by atoms with E-state index >= 15 is 4.39 Å². The van der Waals surface area contributed by atoms with E-state index in [0.29, 0.717) is 49.9 Å². The van der Waals surface area contributed by atoms with Crippen LogP contribution in [0.25, 0.3) is 22.2 Å². The van der Waals surface area contributed by atoms with Crippen LogP contribution in [0.3, 0.4) is 0 Å². The molecule has 0 atom stereocenters. The maximum Gasteiger partial charge on any atom is 0.254 e. The lowest BCUT2D eigenvalue weighted by molar-refractivity contribution is 0.0729. The summed E-state index contributed by atoms with van der Waals surface area (Å²) < 4.78 is 23.4. The third-order valence-electron chi connectivity index (χ3n) is 11.6. The Morgan fingerprint density at radius 2 is 1.66 bits per heavy atom. The molecule has 0 bridgehead atoms. The fourth-order valence-corrected chi connectivity index (χ4v) is 9.15. The van der Waals surface area contributed by atoms with Gasteiger partial charge in [0, 0.05) is 84.0 Å². The highest BCUT2D eigenvalue weighted by molar-refractivity contribution is 5.99. The highest BCUT2D eigenvalue weighted by Gasteiger charge is 2.37. The van der Waals surface area contributed by atoms with Gasteiger partial charge in [0.15, 0.2) is 5.65 Å². The number of piperidine rings is 1. The van der Waals surface area contributed by atoms with E-state index in [1.165, 1.54) is 12.1 Å². The van der Waals surface area contributed by atoms with Gasteiger partial charge in [-0.25, -0.2) is 14.1 Å². The van der Waals surface area contributed by atoms with Crippen LogP contribution in [0.15, 0.2) is 72.9 Å². The lowest BCUT2D eigenvalue weighted by atomic mass is 9.79. The van der Waals surface area contributed by atoms with Crippen molar-refractivity contribution < 1.29 is 18.7 Å². The number of fused-ring (bicyclic) bond motifs is 1. The van der Waals surface area contributed by atoms with Crippen LogP contribution in [-0.4, -0.2) is 67.9 Å². The number of ether oxygens (including phenoxy) is 1. The normalized spacial score (nSPS) is 16.9. The number of halogens is 1. The maximum atomic E-state index is 15.8. The predicted octanol–water partition coefficient (Wildman–Crippen LogP) is 7.75. The smallest absolute Gasteiger partial charge is 0.254 e. The summed E-state index contributed by atoms with van der Waals surface area (Å²) in [5.41, 5.74) is 12.8. The number of amides is 2. The average molecular weight is 803 g/mol. The molecule has 11 nitrogen and oxygen atoms in total. The van der Waals surface area contributed by atoms with Gasteiger partial charge in [-0.15, -0.1) is 0 Å². The molecule has 7 rings (SSSR count). The molecule has 0 radical (unpaired) electrons. The van der Waals surface area contributed by atoms with Crippen LogP contribution in [0, 0.1) is 5.82 Å². The number of pyridine rings is 1. The number of primary amides is 1. The summed E-state index contributed by atoms with van der Waals surface area (Å²) in [7, 11) is 0. The summed E-state index contributed by atoms with van der Waals surface area (Å²) in [4.78, 5) is 33.8. The summed E-state index contributed by atoms with van der Waals surface area (Å²) in [6.45, 7) is 16.1. The Bertz CT molecular complexity index is 2300. The number of hydrogen-bond donors (Lipinski definition) is 4. The average Bonchev–Trinajstić information content (AvgIpc) is 3.63. The molecule has 2 fully saturated rings. The van der Waals surface area contributed by atoms with E-state index in [1.807, 2.05) is 42.1 Å². The van der Waals surface area contributed by atoms with Gasteiger partial charge in [0.05, 0.1) is 23.8 Å². The minimum absolute atomic E-state index is 0.0211. The van der Waals surface area contributed by atoms with Gasteiger partial charge in [-0.05, 0) is 120 Å². The van der Waals surface area contributed by atoms with Crippen molar-refractivity contribution >= 4 is 28.5 Å². The van der Waals surface area contributed by atoms with Crippen molar-refractivity contribution in [3.8, 4) is 11.1 Å². The third kappa shape index (κ3) is 9.83. The molecule has 2 aromatic heterocycles. The first-order valence-electron chi connectivity index (χ1n) is 21.0. The topological polar surface area (TPSA) is 139 Å². The molecule has 5 aromatic rings. The molecule has 5 N–H and O–H groups in total. The Labute approximate surface area is 347 Å². The van der Waals surface area contributed by atoms with E-state index < -0.39 is 5.91 Å². The number of aryl methyl sites for hydroxylation is 2. The van der Waals surface area contributed by atoms with Crippen molar-refractivity contribution in [3.05, 3.63) is 112 Å². The number of nitrogens with one attached hydrogen (secondary N) is 3. The molecule has 312 valence electrons. The van der Waals surface area contributed by atoms with Crippen LogP contribution < -0.4 is 21.7 Å². The molecule has 0 saturated carbocycles. The van der Waals surface area contributed by atoms with Gasteiger partial charge in [0.25, 0.3) is 5.91 Å². The minimum atomic E-state index is -0.617. The number of carbonyl (C=O) groups excluding carboxylic acids is 2. The molecule has 3 aromatic carbocycles. The molecule has 0 aliphatic carbocycles. The van der Waals surface area contributed by atoms with Crippen LogP contribution >= 0.6 is 0 Å². The molecule has 2 aliphatic heterocycles. The van der Waals surface area contributed by atoms with Gasteiger partial charge < -0.3 is 31.3 Å². The second-order valence-electron chi connectivity index (χ2n) is 17.5. The Hall–Kier alpha value is -5.17. The number of nitrogens with zero attached hydrogens (tertiary/aromatic N) is 4. The summed E-state index contributed by atoms with van der Waals surface area (Å²) in [6.07, 6.45) is 6.18. The van der Waals surface area contributed by atoms with Gasteiger partial charge in [-0.2, -0.15) is 5.10 Å². The van der Waals surface area contributed by atoms with Crippen molar-refractivity contribution in [2.45, 2.75) is 123 Å². The molecule has 2 amide bonds. The number of hydrogen-bond acceptors (Lipinski definition) is 8. The number of benzene rings is 3. The molecule has 59 heavy (non-hydrogen) atoms. The number of rotatable bonds is 14. The third-order valence-corrected chi connectivity index (χ3v) is 11.6. The zero-order valence-electron chi connectivity index (χ0n) is 35.3. The first-order valence-corrected chi connectivity index (χ1v) is 21.0. The molecular weight excluding hydrogens is 744 g/mol. The Kier molecular flexibility index (Phi) is 12.5. The second-order valence-corrected chi connectivity index (χ2v) is 17.5. The summed E-state index contributed by atoms with van der Waals surface area (Å²) >= 11 is 0. The first-order chi connectivity index (χ1) is 28.2. The van der Waals surface area contributed by atoms with E-state index in [2.05, 4.69) is 61.7 Å². The van der Waals surface area contributed by atoms with Gasteiger partial charge in [0.2, 0.25) is 5.91 Å². The highest BCUT2D eigenvalue weighted by Crippen LogP contribution is 2.34. The summed E-state index contributed by atoms with van der Waals surface area (Å²) in [5, 5.41) is 16.9. The van der Waals surface area contributed by atoms with E-state index in [4.69, 9.17) is 15.5 Å². The standard InChI is InChI=1S/C47H59FN8O3/c1-7-41-39(42(52-35-17-19-59-20-18-35)38-27-51-56(8-2)44(38)53-41)29-55(45(58)34-14-10-13-33(23-34)43(49)57)28-31-15-16-40(48)37(22-31)32-12-9-11-30(21-32)26-50-36-24-46(3,4)54-47(5,6)25-36/h9-16,21-23,27,35-36,50,54H,7-8,17-20,24-26,28-29H2,1-6H3,(H2,49,57)(H,52,53). The monoisotopic (exact) mass is 802 g/mol. The largest absolute Gasteiger partial charge is 0.381 e.